The first-order valence-electron chi connectivity index (χ1n) is 10.3. The molecule has 34 heavy (non-hydrogen) atoms. The van der Waals surface area contributed by atoms with Crippen molar-refractivity contribution in [2.45, 2.75) is 49.3 Å². The summed E-state index contributed by atoms with van der Waals surface area (Å²) in [6.45, 7) is 0. The highest BCUT2D eigenvalue weighted by molar-refractivity contribution is 5.73. The molecule has 184 valence electrons. The van der Waals surface area contributed by atoms with Crippen LogP contribution in [0.15, 0.2) is 30.3 Å². The fraction of sp³-hybridized carbons (Fsp3) is 0.409. The number of hydrogen-bond donors (Lipinski definition) is 7. The third kappa shape index (κ3) is 4.29. The molecular formula is C22H24O12. The van der Waals surface area contributed by atoms with Crippen LogP contribution in [0.5, 0.6) is 28.7 Å². The number of benzene rings is 2. The van der Waals surface area contributed by atoms with Gasteiger partial charge < -0.3 is 54.7 Å². The van der Waals surface area contributed by atoms with Gasteiger partial charge in [0.05, 0.1) is 13.2 Å². The first-order valence-corrected chi connectivity index (χ1v) is 10.3. The molecule has 0 aromatic heterocycles. The van der Waals surface area contributed by atoms with Crippen molar-refractivity contribution >= 4 is 5.97 Å². The molecule has 2 aliphatic heterocycles. The lowest BCUT2D eigenvalue weighted by atomic mass is 9.93. The highest BCUT2D eigenvalue weighted by Gasteiger charge is 2.48. The molecule has 2 aromatic carbocycles. The number of ether oxygens (including phenoxy) is 4. The molecule has 4 rings (SSSR count). The summed E-state index contributed by atoms with van der Waals surface area (Å²) >= 11 is 0. The molecule has 2 aliphatic rings. The molecular weight excluding hydrogens is 456 g/mol. The first kappa shape index (κ1) is 23.9. The fourth-order valence-corrected chi connectivity index (χ4v) is 3.98. The monoisotopic (exact) mass is 480 g/mol. The minimum absolute atomic E-state index is 0.0326. The third-order valence-electron chi connectivity index (χ3n) is 5.76. The quantitative estimate of drug-likeness (QED) is 0.288. The van der Waals surface area contributed by atoms with Crippen LogP contribution in [0.25, 0.3) is 0 Å². The molecule has 0 aliphatic carbocycles. The number of aliphatic carboxylic acids is 1. The largest absolute Gasteiger partial charge is 0.508 e. The molecule has 2 heterocycles. The van der Waals surface area contributed by atoms with E-state index in [1.54, 1.807) is 6.07 Å². The van der Waals surface area contributed by atoms with Crippen LogP contribution in [0.1, 0.15) is 17.2 Å². The number of carboxylic acid groups (broad SMARTS) is 1. The van der Waals surface area contributed by atoms with Crippen LogP contribution in [0.2, 0.25) is 0 Å². The maximum Gasteiger partial charge on any atom is 0.335 e. The molecule has 0 saturated carbocycles. The predicted molar refractivity (Wildman–Crippen MR) is 111 cm³/mol. The number of carboxylic acids is 1. The maximum atomic E-state index is 11.3. The smallest absolute Gasteiger partial charge is 0.335 e. The van der Waals surface area contributed by atoms with Crippen molar-refractivity contribution in [1.29, 1.82) is 0 Å². The summed E-state index contributed by atoms with van der Waals surface area (Å²) < 4.78 is 21.7. The lowest BCUT2D eigenvalue weighted by molar-refractivity contribution is -0.271. The van der Waals surface area contributed by atoms with Crippen molar-refractivity contribution in [3.05, 3.63) is 41.5 Å². The maximum absolute atomic E-state index is 11.3. The number of aromatic hydroxyl groups is 2. The van der Waals surface area contributed by atoms with Gasteiger partial charge in [-0.25, -0.2) is 4.79 Å². The molecule has 1 fully saturated rings. The Balaban J connectivity index is 1.63. The molecule has 1 saturated heterocycles. The van der Waals surface area contributed by atoms with Gasteiger partial charge in [0.1, 0.15) is 41.7 Å². The SMILES string of the molecule is COc1cc([C@H]2Oc3cc(O)cc(O[C@@H]4O[C@H](C(=O)O)[C@@H](O)[C@H](O)[C@H]4O)c3C[C@H]2O)ccc1O. The Hall–Kier alpha value is -3.29. The standard InChI is InChI=1S/C22H24O12/c1-31-15-4-8(2-3-11(15)24)19-12(25)7-10-13(32-19)5-9(23)6-14(10)33-22-18(28)16(26)17(27)20(34-22)21(29)30/h2-6,12,16-20,22-28H,7H2,1H3,(H,29,30)/t12-,16+,17+,18-,19-,20+,22-/m1/s1. The van der Waals surface area contributed by atoms with E-state index in [-0.39, 0.29) is 40.7 Å². The molecule has 7 atom stereocenters. The van der Waals surface area contributed by atoms with Crippen molar-refractivity contribution in [3.8, 4) is 28.7 Å². The van der Waals surface area contributed by atoms with Crippen molar-refractivity contribution < 1.29 is 59.5 Å². The number of methoxy groups -OCH3 is 1. The molecule has 0 spiro atoms. The second-order valence-corrected chi connectivity index (χ2v) is 8.01. The average molecular weight is 480 g/mol. The number of hydrogen-bond acceptors (Lipinski definition) is 11. The second kappa shape index (κ2) is 9.16. The number of fused-ring (bicyclic) bond motifs is 1. The van der Waals surface area contributed by atoms with E-state index in [9.17, 15) is 40.5 Å². The Kier molecular flexibility index (Phi) is 6.43. The second-order valence-electron chi connectivity index (χ2n) is 8.01. The van der Waals surface area contributed by atoms with Crippen molar-refractivity contribution in [1.82, 2.24) is 0 Å². The van der Waals surface area contributed by atoms with Crippen molar-refractivity contribution in [2.75, 3.05) is 7.11 Å². The van der Waals surface area contributed by atoms with Crippen LogP contribution < -0.4 is 14.2 Å². The van der Waals surface area contributed by atoms with Gasteiger partial charge in [-0.2, -0.15) is 0 Å². The zero-order valence-corrected chi connectivity index (χ0v) is 17.8. The molecule has 7 N–H and O–H groups in total. The topological polar surface area (TPSA) is 196 Å². The van der Waals surface area contributed by atoms with Crippen molar-refractivity contribution in [2.24, 2.45) is 0 Å². The summed E-state index contributed by atoms with van der Waals surface area (Å²) in [5, 5.41) is 70.0. The number of aliphatic hydroxyl groups excluding tert-OH is 4. The summed E-state index contributed by atoms with van der Waals surface area (Å²) in [6, 6.07) is 6.87. The Morgan fingerprint density at radius 2 is 1.74 bits per heavy atom. The van der Waals surface area contributed by atoms with E-state index in [4.69, 9.17) is 18.9 Å². The lowest BCUT2D eigenvalue weighted by Crippen LogP contribution is -2.61. The average Bonchev–Trinajstić information content (AvgIpc) is 2.79. The molecule has 0 bridgehead atoms. The van der Waals surface area contributed by atoms with Gasteiger partial charge in [-0.3, -0.25) is 0 Å². The summed E-state index contributed by atoms with van der Waals surface area (Å²) in [7, 11) is 1.38. The normalized spacial score (nSPS) is 30.7. The predicted octanol–water partition coefficient (Wildman–Crippen LogP) is -0.586. The van der Waals surface area contributed by atoms with E-state index in [1.165, 1.54) is 25.3 Å². The molecule has 0 unspecified atom stereocenters. The third-order valence-corrected chi connectivity index (χ3v) is 5.76. The van der Waals surface area contributed by atoms with Gasteiger partial charge in [-0.15, -0.1) is 0 Å². The molecule has 2 aromatic rings. The van der Waals surface area contributed by atoms with Crippen LogP contribution in [0.3, 0.4) is 0 Å². The lowest BCUT2D eigenvalue weighted by Gasteiger charge is -2.39. The van der Waals surface area contributed by atoms with Gasteiger partial charge >= 0.3 is 5.97 Å². The van der Waals surface area contributed by atoms with E-state index in [2.05, 4.69) is 0 Å². The molecule has 12 nitrogen and oxygen atoms in total. The van der Waals surface area contributed by atoms with Gasteiger partial charge in [-0.1, -0.05) is 6.07 Å². The fourth-order valence-electron chi connectivity index (χ4n) is 3.98. The van der Waals surface area contributed by atoms with Crippen LogP contribution in [-0.2, 0) is 16.0 Å². The highest BCUT2D eigenvalue weighted by atomic mass is 16.7. The number of aliphatic hydroxyl groups is 4. The number of carbonyl (C=O) groups is 1. The summed E-state index contributed by atoms with van der Waals surface area (Å²) in [5.41, 5.74) is 0.779. The van der Waals surface area contributed by atoms with Crippen molar-refractivity contribution in [3.63, 3.8) is 0 Å². The number of phenols is 2. The Labute approximate surface area is 192 Å². The number of rotatable bonds is 5. The molecule has 0 amide bonds. The minimum Gasteiger partial charge on any atom is -0.508 e. The van der Waals surface area contributed by atoms with Crippen LogP contribution in [0, 0.1) is 0 Å². The van der Waals surface area contributed by atoms with E-state index < -0.39 is 48.9 Å². The zero-order chi connectivity index (χ0) is 24.7. The first-order chi connectivity index (χ1) is 16.1. The van der Waals surface area contributed by atoms with Gasteiger partial charge in [-0.05, 0) is 17.7 Å². The van der Waals surface area contributed by atoms with Gasteiger partial charge in [0.2, 0.25) is 6.29 Å². The van der Waals surface area contributed by atoms with E-state index in [0.29, 0.717) is 5.56 Å². The summed E-state index contributed by atoms with van der Waals surface area (Å²) in [5.74, 6) is -1.74. The minimum atomic E-state index is -1.89. The Bertz CT molecular complexity index is 1070. The Morgan fingerprint density at radius 3 is 2.41 bits per heavy atom. The van der Waals surface area contributed by atoms with E-state index in [0.717, 1.165) is 6.07 Å². The summed E-state index contributed by atoms with van der Waals surface area (Å²) in [4.78, 5) is 11.3. The van der Waals surface area contributed by atoms with E-state index >= 15 is 0 Å². The Morgan fingerprint density at radius 1 is 1.00 bits per heavy atom. The summed E-state index contributed by atoms with van der Waals surface area (Å²) in [6.07, 6.45) is -11.2. The molecule has 12 heteroatoms. The van der Waals surface area contributed by atoms with E-state index in [1.807, 2.05) is 0 Å². The number of phenolic OH excluding ortho intramolecular Hbond substituents is 2. The van der Waals surface area contributed by atoms with Crippen LogP contribution in [-0.4, -0.2) is 85.6 Å². The van der Waals surface area contributed by atoms with Gasteiger partial charge in [0.15, 0.2) is 17.6 Å². The van der Waals surface area contributed by atoms with Gasteiger partial charge in [0, 0.05) is 24.1 Å². The van der Waals surface area contributed by atoms with Crippen LogP contribution in [0.4, 0.5) is 0 Å². The van der Waals surface area contributed by atoms with Crippen LogP contribution >= 0.6 is 0 Å². The van der Waals surface area contributed by atoms with Gasteiger partial charge in [0.25, 0.3) is 0 Å². The molecule has 0 radical (unpaired) electrons. The highest BCUT2D eigenvalue weighted by Crippen LogP contribution is 2.44. The zero-order valence-electron chi connectivity index (χ0n) is 17.8.